The summed E-state index contributed by atoms with van der Waals surface area (Å²) in [7, 11) is 0. The first-order valence-corrected chi connectivity index (χ1v) is 6.05. The highest BCUT2D eigenvalue weighted by molar-refractivity contribution is 14.1. The molecule has 0 radical (unpaired) electrons. The number of carboxylic acid groups (broad SMARTS) is 1. The molecule has 0 saturated carbocycles. The van der Waals surface area contributed by atoms with E-state index in [9.17, 15) is 9.59 Å². The van der Waals surface area contributed by atoms with Gasteiger partial charge in [-0.1, -0.05) is 22.6 Å². The van der Waals surface area contributed by atoms with E-state index in [-0.39, 0.29) is 11.9 Å². The molecule has 3 N–H and O–H groups in total. The summed E-state index contributed by atoms with van der Waals surface area (Å²) in [5, 5.41) is 9.00. The van der Waals surface area contributed by atoms with Crippen LogP contribution in [0.15, 0.2) is 0 Å². The summed E-state index contributed by atoms with van der Waals surface area (Å²) in [4.78, 5) is 24.4. The number of carbonyl (C=O) groups excluding carboxylic acids is 1. The van der Waals surface area contributed by atoms with E-state index in [1.54, 1.807) is 0 Å². The van der Waals surface area contributed by atoms with E-state index in [2.05, 4.69) is 0 Å². The van der Waals surface area contributed by atoms with Crippen molar-refractivity contribution in [3.05, 3.63) is 0 Å². The van der Waals surface area contributed by atoms with Gasteiger partial charge in [0.25, 0.3) is 5.91 Å². The Labute approximate surface area is 101 Å². The van der Waals surface area contributed by atoms with Crippen molar-refractivity contribution in [3.8, 4) is 0 Å². The number of piperidine rings is 1. The Hall–Kier alpha value is -0.370. The first-order chi connectivity index (χ1) is 6.93. The molecule has 3 atom stereocenters. The molecule has 0 spiro atoms. The van der Waals surface area contributed by atoms with Gasteiger partial charge >= 0.3 is 5.97 Å². The highest BCUT2D eigenvalue weighted by Crippen LogP contribution is 2.38. The number of alkyl halides is 1. The van der Waals surface area contributed by atoms with Gasteiger partial charge in [-0.25, -0.2) is 4.79 Å². The summed E-state index contributed by atoms with van der Waals surface area (Å²) in [5.74, 6) is -1.13. The van der Waals surface area contributed by atoms with Gasteiger partial charge < -0.3 is 15.7 Å². The molecule has 2 aliphatic rings. The minimum absolute atomic E-state index is 0.0880. The minimum Gasteiger partial charge on any atom is -0.480 e. The van der Waals surface area contributed by atoms with Crippen molar-refractivity contribution in [1.82, 2.24) is 4.90 Å². The lowest BCUT2D eigenvalue weighted by atomic mass is 9.99. The van der Waals surface area contributed by atoms with Gasteiger partial charge in [-0.3, -0.25) is 4.79 Å². The number of hydrogen-bond acceptors (Lipinski definition) is 3. The van der Waals surface area contributed by atoms with Crippen LogP contribution in [-0.2, 0) is 9.59 Å². The molecule has 6 heteroatoms. The zero-order valence-electron chi connectivity index (χ0n) is 8.15. The number of fused-ring (bicyclic) bond motifs is 1. The van der Waals surface area contributed by atoms with E-state index in [0.717, 1.165) is 12.8 Å². The Kier molecular flexibility index (Phi) is 2.66. The third-order valence-electron chi connectivity index (χ3n) is 3.22. The standard InChI is InChI=1S/C9H13IN2O3/c10-9(11)4-3-5-1-2-6(7(13)14)12(5)8(9)15/h5-6H,1-4,11H2,(H,13,14)/t5-,6-,9+/m0/s1. The first kappa shape index (κ1) is 11.1. The molecule has 0 aromatic heterocycles. The molecule has 0 aromatic carbocycles. The average molecular weight is 324 g/mol. The topological polar surface area (TPSA) is 83.6 Å². The van der Waals surface area contributed by atoms with Crippen LogP contribution in [0, 0.1) is 0 Å². The molecule has 2 aliphatic heterocycles. The summed E-state index contributed by atoms with van der Waals surface area (Å²) in [6, 6.07) is -0.578. The summed E-state index contributed by atoms with van der Waals surface area (Å²) in [6.45, 7) is 0. The van der Waals surface area contributed by atoms with Crippen LogP contribution in [0.4, 0.5) is 0 Å². The predicted molar refractivity (Wildman–Crippen MR) is 61.5 cm³/mol. The molecule has 0 bridgehead atoms. The SMILES string of the molecule is N[C@]1(I)CC[C@@H]2CC[C@@H](C(=O)O)N2C1=O. The maximum absolute atomic E-state index is 12.0. The normalized spacial score (nSPS) is 40.4. The van der Waals surface area contributed by atoms with Crippen LogP contribution in [0.3, 0.4) is 0 Å². The van der Waals surface area contributed by atoms with Gasteiger partial charge in [0.05, 0.1) is 0 Å². The lowest BCUT2D eigenvalue weighted by molar-refractivity contribution is -0.152. The molecule has 84 valence electrons. The predicted octanol–water partition coefficient (Wildman–Crippen LogP) is 0.314. The fourth-order valence-corrected chi connectivity index (χ4v) is 3.00. The van der Waals surface area contributed by atoms with Crippen molar-refractivity contribution in [2.45, 2.75) is 41.3 Å². The van der Waals surface area contributed by atoms with Crippen LogP contribution >= 0.6 is 22.6 Å². The van der Waals surface area contributed by atoms with Crippen molar-refractivity contribution in [2.75, 3.05) is 0 Å². The number of amides is 1. The molecule has 5 nitrogen and oxygen atoms in total. The Morgan fingerprint density at radius 3 is 2.80 bits per heavy atom. The molecule has 1 amide bonds. The number of halogens is 1. The number of aliphatic carboxylic acids is 1. The number of rotatable bonds is 1. The molecule has 2 saturated heterocycles. The maximum Gasteiger partial charge on any atom is 0.326 e. The zero-order chi connectivity index (χ0) is 11.2. The molecule has 0 unspecified atom stereocenters. The molecule has 2 rings (SSSR count). The summed E-state index contributed by atoms with van der Waals surface area (Å²) < 4.78 is -0.910. The third-order valence-corrected chi connectivity index (χ3v) is 4.22. The van der Waals surface area contributed by atoms with Crippen molar-refractivity contribution in [3.63, 3.8) is 0 Å². The highest BCUT2D eigenvalue weighted by Gasteiger charge is 2.50. The number of nitrogens with two attached hydrogens (primary N) is 1. The fourth-order valence-electron chi connectivity index (χ4n) is 2.41. The lowest BCUT2D eigenvalue weighted by Gasteiger charge is -2.39. The largest absolute Gasteiger partial charge is 0.480 e. The van der Waals surface area contributed by atoms with E-state index in [4.69, 9.17) is 10.8 Å². The summed E-state index contributed by atoms with van der Waals surface area (Å²) in [6.07, 6.45) is 2.79. The molecular weight excluding hydrogens is 311 g/mol. The second kappa shape index (κ2) is 3.58. The van der Waals surface area contributed by atoms with Crippen molar-refractivity contribution >= 4 is 34.5 Å². The van der Waals surface area contributed by atoms with Crippen LogP contribution < -0.4 is 5.73 Å². The zero-order valence-corrected chi connectivity index (χ0v) is 10.3. The van der Waals surface area contributed by atoms with Gasteiger partial charge in [0.1, 0.15) is 9.59 Å². The number of nitrogens with zero attached hydrogens (tertiary/aromatic N) is 1. The Morgan fingerprint density at radius 2 is 2.20 bits per heavy atom. The van der Waals surface area contributed by atoms with Crippen LogP contribution in [0.2, 0.25) is 0 Å². The lowest BCUT2D eigenvalue weighted by Crippen LogP contribution is -2.60. The third kappa shape index (κ3) is 1.73. The number of carboxylic acids is 1. The molecular formula is C9H13IN2O3. The van der Waals surface area contributed by atoms with Crippen LogP contribution in [0.25, 0.3) is 0 Å². The summed E-state index contributed by atoms with van der Waals surface area (Å²) in [5.41, 5.74) is 5.84. The number of hydrogen-bond donors (Lipinski definition) is 2. The Morgan fingerprint density at radius 1 is 1.53 bits per heavy atom. The van der Waals surface area contributed by atoms with Crippen molar-refractivity contribution in [1.29, 1.82) is 0 Å². The van der Waals surface area contributed by atoms with Gasteiger partial charge in [0.2, 0.25) is 0 Å². The van der Waals surface area contributed by atoms with E-state index in [1.165, 1.54) is 4.90 Å². The van der Waals surface area contributed by atoms with Crippen LogP contribution in [0.5, 0.6) is 0 Å². The van der Waals surface area contributed by atoms with Gasteiger partial charge in [-0.15, -0.1) is 0 Å². The number of carbonyl (C=O) groups is 2. The van der Waals surface area contributed by atoms with E-state index >= 15 is 0 Å². The van der Waals surface area contributed by atoms with E-state index in [1.807, 2.05) is 22.6 Å². The molecule has 15 heavy (non-hydrogen) atoms. The summed E-state index contributed by atoms with van der Waals surface area (Å²) >= 11 is 1.92. The van der Waals surface area contributed by atoms with E-state index < -0.39 is 15.6 Å². The first-order valence-electron chi connectivity index (χ1n) is 4.97. The van der Waals surface area contributed by atoms with Gasteiger partial charge in [0, 0.05) is 6.04 Å². The minimum atomic E-state index is -0.917. The second-order valence-electron chi connectivity index (χ2n) is 4.20. The molecule has 0 aromatic rings. The smallest absolute Gasteiger partial charge is 0.326 e. The second-order valence-corrected chi connectivity index (χ2v) is 6.12. The quantitative estimate of drug-likeness (QED) is 0.413. The van der Waals surface area contributed by atoms with Crippen molar-refractivity contribution < 1.29 is 14.7 Å². The van der Waals surface area contributed by atoms with Crippen LogP contribution in [-0.4, -0.2) is 37.5 Å². The van der Waals surface area contributed by atoms with Gasteiger partial charge in [0.15, 0.2) is 0 Å². The average Bonchev–Trinajstić information content (AvgIpc) is 2.55. The monoisotopic (exact) mass is 324 g/mol. The van der Waals surface area contributed by atoms with Crippen LogP contribution in [0.1, 0.15) is 25.7 Å². The highest BCUT2D eigenvalue weighted by atomic mass is 127. The fraction of sp³-hybridized carbons (Fsp3) is 0.778. The Balaban J connectivity index is 2.26. The Bertz CT molecular complexity index is 318. The van der Waals surface area contributed by atoms with E-state index in [0.29, 0.717) is 12.8 Å². The molecule has 2 fully saturated rings. The van der Waals surface area contributed by atoms with Crippen molar-refractivity contribution in [2.24, 2.45) is 5.73 Å². The van der Waals surface area contributed by atoms with Gasteiger partial charge in [-0.05, 0) is 25.7 Å². The van der Waals surface area contributed by atoms with Gasteiger partial charge in [-0.2, -0.15) is 0 Å². The maximum atomic E-state index is 12.0. The molecule has 0 aliphatic carbocycles. The molecule has 2 heterocycles.